The van der Waals surface area contributed by atoms with Gasteiger partial charge in [0.1, 0.15) is 5.78 Å². The average molecular weight is 169 g/mol. The molecule has 2 unspecified atom stereocenters. The molecular weight excluding hydrogens is 158 g/mol. The number of hydrogen-bond acceptors (Lipinski definition) is 3. The first-order valence-electron chi connectivity index (χ1n) is 3.89. The topological polar surface area (TPSA) is 60.2 Å². The highest BCUT2D eigenvalue weighted by molar-refractivity contribution is 5.81. The van der Waals surface area contributed by atoms with Gasteiger partial charge in [-0.25, -0.2) is 0 Å². The summed E-state index contributed by atoms with van der Waals surface area (Å²) in [7, 11) is 0. The van der Waals surface area contributed by atoms with E-state index in [1.54, 1.807) is 6.08 Å². The fourth-order valence-electron chi connectivity index (χ4n) is 1.62. The lowest BCUT2D eigenvalue weighted by molar-refractivity contribution is -0.488. The van der Waals surface area contributed by atoms with Gasteiger partial charge in [0.2, 0.25) is 6.54 Å². The highest BCUT2D eigenvalue weighted by Gasteiger charge is 2.34. The molecule has 1 aliphatic rings. The van der Waals surface area contributed by atoms with E-state index in [1.165, 1.54) is 0 Å². The normalized spacial score (nSPS) is 28.8. The van der Waals surface area contributed by atoms with Crippen LogP contribution in [0.2, 0.25) is 0 Å². The van der Waals surface area contributed by atoms with Crippen molar-refractivity contribution in [1.82, 2.24) is 0 Å². The monoisotopic (exact) mass is 169 g/mol. The SMILES string of the molecule is C=CC1CC(=O)CC1C[N+](=O)[O-]. The molecule has 0 saturated heterocycles. The lowest BCUT2D eigenvalue weighted by Gasteiger charge is -2.08. The van der Waals surface area contributed by atoms with Gasteiger partial charge in [0.25, 0.3) is 0 Å². The van der Waals surface area contributed by atoms with Crippen molar-refractivity contribution in [3.63, 3.8) is 0 Å². The van der Waals surface area contributed by atoms with Crippen molar-refractivity contribution in [2.24, 2.45) is 11.8 Å². The molecule has 0 bridgehead atoms. The van der Waals surface area contributed by atoms with Crippen LogP contribution in [0.1, 0.15) is 12.8 Å². The number of nitrogens with zero attached hydrogens (tertiary/aromatic N) is 1. The van der Waals surface area contributed by atoms with Gasteiger partial charge in [-0.15, -0.1) is 6.58 Å². The number of nitro groups is 1. The molecule has 0 radical (unpaired) electrons. The minimum atomic E-state index is -0.361. The van der Waals surface area contributed by atoms with E-state index in [0.717, 1.165) is 0 Å². The summed E-state index contributed by atoms with van der Waals surface area (Å²) in [6, 6.07) is 0. The highest BCUT2D eigenvalue weighted by Crippen LogP contribution is 2.29. The molecule has 0 amide bonds. The van der Waals surface area contributed by atoms with Gasteiger partial charge in [-0.2, -0.15) is 0 Å². The average Bonchev–Trinajstić information content (AvgIpc) is 2.29. The van der Waals surface area contributed by atoms with Crippen LogP contribution in [0, 0.1) is 22.0 Å². The van der Waals surface area contributed by atoms with E-state index >= 15 is 0 Å². The minimum absolute atomic E-state index is 0.0166. The maximum Gasteiger partial charge on any atom is 0.207 e. The third-order valence-electron chi connectivity index (χ3n) is 2.25. The molecule has 66 valence electrons. The predicted octanol–water partition coefficient (Wildman–Crippen LogP) is 1.04. The second-order valence-electron chi connectivity index (χ2n) is 3.12. The van der Waals surface area contributed by atoms with E-state index in [4.69, 9.17) is 0 Å². The first kappa shape index (κ1) is 8.90. The Morgan fingerprint density at radius 3 is 2.83 bits per heavy atom. The Kier molecular flexibility index (Phi) is 2.58. The zero-order valence-corrected chi connectivity index (χ0v) is 6.73. The minimum Gasteiger partial charge on any atom is -0.300 e. The van der Waals surface area contributed by atoms with Crippen LogP contribution in [0.4, 0.5) is 0 Å². The van der Waals surface area contributed by atoms with Crippen molar-refractivity contribution >= 4 is 5.78 Å². The van der Waals surface area contributed by atoms with Crippen molar-refractivity contribution in [1.29, 1.82) is 0 Å². The number of Topliss-reactive ketones (excluding diaryl/α,β-unsaturated/α-hetero) is 1. The Balaban J connectivity index is 2.57. The predicted molar refractivity (Wildman–Crippen MR) is 43.3 cm³/mol. The number of carbonyl (C=O) groups is 1. The van der Waals surface area contributed by atoms with Gasteiger partial charge >= 0.3 is 0 Å². The van der Waals surface area contributed by atoms with E-state index in [9.17, 15) is 14.9 Å². The summed E-state index contributed by atoms with van der Waals surface area (Å²) in [5.41, 5.74) is 0. The molecule has 1 saturated carbocycles. The molecule has 4 heteroatoms. The molecule has 0 aromatic carbocycles. The molecule has 0 aromatic rings. The van der Waals surface area contributed by atoms with Crippen LogP contribution in [-0.2, 0) is 4.79 Å². The standard InChI is InChI=1S/C8H11NO3/c1-2-6-3-8(10)4-7(6)5-9(11)12/h2,6-7H,1,3-5H2. The first-order chi connectivity index (χ1) is 5.63. The zero-order chi connectivity index (χ0) is 9.14. The van der Waals surface area contributed by atoms with Gasteiger partial charge in [-0.3, -0.25) is 14.9 Å². The largest absolute Gasteiger partial charge is 0.300 e. The van der Waals surface area contributed by atoms with E-state index in [0.29, 0.717) is 12.8 Å². The van der Waals surface area contributed by atoms with Crippen LogP contribution < -0.4 is 0 Å². The summed E-state index contributed by atoms with van der Waals surface area (Å²) >= 11 is 0. The van der Waals surface area contributed by atoms with Crippen molar-refractivity contribution in [3.05, 3.63) is 22.8 Å². The molecule has 1 rings (SSSR count). The van der Waals surface area contributed by atoms with E-state index in [1.807, 2.05) is 0 Å². The Morgan fingerprint density at radius 2 is 2.33 bits per heavy atom. The number of hydrogen-bond donors (Lipinski definition) is 0. The number of ketones is 1. The summed E-state index contributed by atoms with van der Waals surface area (Å²) in [6.45, 7) is 3.45. The molecule has 4 nitrogen and oxygen atoms in total. The number of rotatable bonds is 3. The number of allylic oxidation sites excluding steroid dienone is 1. The fraction of sp³-hybridized carbons (Fsp3) is 0.625. The molecular formula is C8H11NO3. The molecule has 0 aliphatic heterocycles. The zero-order valence-electron chi connectivity index (χ0n) is 6.73. The quantitative estimate of drug-likeness (QED) is 0.360. The smallest absolute Gasteiger partial charge is 0.207 e. The van der Waals surface area contributed by atoms with Crippen LogP contribution >= 0.6 is 0 Å². The van der Waals surface area contributed by atoms with Crippen LogP contribution in [0.5, 0.6) is 0 Å². The summed E-state index contributed by atoms with van der Waals surface area (Å²) in [5.74, 6) is 0.0136. The summed E-state index contributed by atoms with van der Waals surface area (Å²) in [4.78, 5) is 20.8. The molecule has 2 atom stereocenters. The molecule has 0 heterocycles. The second-order valence-corrected chi connectivity index (χ2v) is 3.12. The lowest BCUT2D eigenvalue weighted by atomic mass is 9.97. The molecule has 1 fully saturated rings. The lowest BCUT2D eigenvalue weighted by Crippen LogP contribution is -2.16. The van der Waals surface area contributed by atoms with Crippen LogP contribution in [0.15, 0.2) is 12.7 Å². The molecule has 0 N–H and O–H groups in total. The van der Waals surface area contributed by atoms with Crippen molar-refractivity contribution in [3.8, 4) is 0 Å². The van der Waals surface area contributed by atoms with Gasteiger partial charge in [0.15, 0.2) is 0 Å². The number of carbonyl (C=O) groups excluding carboxylic acids is 1. The first-order valence-corrected chi connectivity index (χ1v) is 3.89. The third kappa shape index (κ3) is 1.90. The molecule has 12 heavy (non-hydrogen) atoms. The second kappa shape index (κ2) is 3.47. The molecule has 0 spiro atoms. The van der Waals surface area contributed by atoms with Gasteiger partial charge in [-0.1, -0.05) is 6.08 Å². The maximum absolute atomic E-state index is 10.9. The van der Waals surface area contributed by atoms with Gasteiger partial charge in [0, 0.05) is 23.7 Å². The Hall–Kier alpha value is -1.19. The Labute approximate surface area is 70.4 Å². The molecule has 0 aromatic heterocycles. The van der Waals surface area contributed by atoms with E-state index in [-0.39, 0.29) is 29.1 Å². The summed E-state index contributed by atoms with van der Waals surface area (Å²) in [6.07, 6.45) is 2.43. The fourth-order valence-corrected chi connectivity index (χ4v) is 1.62. The van der Waals surface area contributed by atoms with E-state index < -0.39 is 0 Å². The summed E-state index contributed by atoms with van der Waals surface area (Å²) in [5, 5.41) is 10.2. The van der Waals surface area contributed by atoms with Crippen LogP contribution in [0.25, 0.3) is 0 Å². The Morgan fingerprint density at radius 1 is 1.67 bits per heavy atom. The van der Waals surface area contributed by atoms with Crippen molar-refractivity contribution < 1.29 is 9.72 Å². The summed E-state index contributed by atoms with van der Waals surface area (Å²) < 4.78 is 0. The van der Waals surface area contributed by atoms with Gasteiger partial charge < -0.3 is 0 Å². The van der Waals surface area contributed by atoms with Crippen molar-refractivity contribution in [2.75, 3.05) is 6.54 Å². The molecule has 1 aliphatic carbocycles. The van der Waals surface area contributed by atoms with Crippen LogP contribution in [0.3, 0.4) is 0 Å². The van der Waals surface area contributed by atoms with Crippen molar-refractivity contribution in [2.45, 2.75) is 12.8 Å². The van der Waals surface area contributed by atoms with Gasteiger partial charge in [0.05, 0.1) is 0 Å². The van der Waals surface area contributed by atoms with Gasteiger partial charge in [-0.05, 0) is 5.92 Å². The van der Waals surface area contributed by atoms with E-state index in [2.05, 4.69) is 6.58 Å². The maximum atomic E-state index is 10.9. The van der Waals surface area contributed by atoms with Crippen LogP contribution in [-0.4, -0.2) is 17.3 Å². The third-order valence-corrected chi connectivity index (χ3v) is 2.25. The highest BCUT2D eigenvalue weighted by atomic mass is 16.6. The Bertz CT molecular complexity index is 224.